The molecule has 3 atom stereocenters. The van der Waals surface area contributed by atoms with Crippen molar-refractivity contribution in [1.29, 1.82) is 0 Å². The number of rotatable bonds is 3. The summed E-state index contributed by atoms with van der Waals surface area (Å²) in [6, 6.07) is 0.299. The zero-order valence-corrected chi connectivity index (χ0v) is 12.2. The monoisotopic (exact) mass is 266 g/mol. The number of hydrogen-bond donors (Lipinski definition) is 1. The summed E-state index contributed by atoms with van der Waals surface area (Å²) < 4.78 is 5.50. The first-order valence-electron chi connectivity index (χ1n) is 7.86. The Kier molecular flexibility index (Phi) is 3.56. The maximum atomic E-state index is 12.9. The van der Waals surface area contributed by atoms with Crippen LogP contribution in [-0.4, -0.2) is 41.8 Å². The van der Waals surface area contributed by atoms with Crippen LogP contribution in [0.2, 0.25) is 0 Å². The maximum Gasteiger partial charge on any atom is 0.244 e. The van der Waals surface area contributed by atoms with Gasteiger partial charge in [0.15, 0.2) is 0 Å². The van der Waals surface area contributed by atoms with E-state index < -0.39 is 0 Å². The standard InChI is InChI=1S/C15H26N2O2/c1-3-13-16-15(7-4-5-8-15)14(18)17(13)11(2)12-6-9-19-10-12/h11-13,16H,3-10H2,1-2H3. The second kappa shape index (κ2) is 5.06. The molecule has 2 saturated heterocycles. The third-order valence-electron chi connectivity index (χ3n) is 5.35. The smallest absolute Gasteiger partial charge is 0.244 e. The Labute approximate surface area is 115 Å². The molecule has 3 unspecified atom stereocenters. The normalized spacial score (nSPS) is 35.5. The van der Waals surface area contributed by atoms with Crippen molar-refractivity contribution in [2.24, 2.45) is 5.92 Å². The van der Waals surface area contributed by atoms with Gasteiger partial charge in [-0.15, -0.1) is 0 Å². The Morgan fingerprint density at radius 1 is 1.47 bits per heavy atom. The highest BCUT2D eigenvalue weighted by atomic mass is 16.5. The van der Waals surface area contributed by atoms with Crippen LogP contribution < -0.4 is 5.32 Å². The van der Waals surface area contributed by atoms with Crippen LogP contribution in [0, 0.1) is 5.92 Å². The summed E-state index contributed by atoms with van der Waals surface area (Å²) >= 11 is 0. The van der Waals surface area contributed by atoms with Crippen LogP contribution in [0.15, 0.2) is 0 Å². The van der Waals surface area contributed by atoms with Crippen molar-refractivity contribution in [3.8, 4) is 0 Å². The Morgan fingerprint density at radius 2 is 2.21 bits per heavy atom. The van der Waals surface area contributed by atoms with Gasteiger partial charge in [-0.3, -0.25) is 10.1 Å². The quantitative estimate of drug-likeness (QED) is 0.848. The second-order valence-electron chi connectivity index (χ2n) is 6.43. The molecule has 0 aromatic rings. The van der Waals surface area contributed by atoms with Crippen molar-refractivity contribution < 1.29 is 9.53 Å². The van der Waals surface area contributed by atoms with E-state index in [4.69, 9.17) is 4.74 Å². The average molecular weight is 266 g/mol. The highest BCUT2D eigenvalue weighted by Gasteiger charge is 2.53. The zero-order chi connectivity index (χ0) is 13.5. The number of carbonyl (C=O) groups is 1. The van der Waals surface area contributed by atoms with Crippen LogP contribution in [0.25, 0.3) is 0 Å². The molecule has 0 aromatic carbocycles. The summed E-state index contributed by atoms with van der Waals surface area (Å²) in [5.74, 6) is 0.868. The molecule has 108 valence electrons. The van der Waals surface area contributed by atoms with Crippen LogP contribution in [0.4, 0.5) is 0 Å². The summed E-state index contributed by atoms with van der Waals surface area (Å²) in [5.41, 5.74) is -0.228. The topological polar surface area (TPSA) is 41.6 Å². The van der Waals surface area contributed by atoms with Crippen molar-refractivity contribution in [2.45, 2.75) is 70.1 Å². The third-order valence-corrected chi connectivity index (χ3v) is 5.35. The molecule has 3 fully saturated rings. The molecule has 1 saturated carbocycles. The number of hydrogen-bond acceptors (Lipinski definition) is 3. The Balaban J connectivity index is 1.80. The molecule has 1 amide bonds. The Hall–Kier alpha value is -0.610. The highest BCUT2D eigenvalue weighted by Crippen LogP contribution is 2.39. The number of amides is 1. The van der Waals surface area contributed by atoms with Gasteiger partial charge >= 0.3 is 0 Å². The van der Waals surface area contributed by atoms with Gasteiger partial charge in [-0.2, -0.15) is 0 Å². The lowest BCUT2D eigenvalue weighted by Crippen LogP contribution is -2.47. The first-order valence-corrected chi connectivity index (χ1v) is 7.86. The molecule has 2 aliphatic heterocycles. The fourth-order valence-corrected chi connectivity index (χ4v) is 4.10. The summed E-state index contributed by atoms with van der Waals surface area (Å²) in [5, 5.41) is 3.66. The van der Waals surface area contributed by atoms with E-state index in [-0.39, 0.29) is 11.7 Å². The Bertz CT molecular complexity index is 346. The minimum Gasteiger partial charge on any atom is -0.381 e. The SMILES string of the molecule is CCC1NC2(CCCC2)C(=O)N1C(C)C1CCOC1. The van der Waals surface area contributed by atoms with Crippen LogP contribution in [0.5, 0.6) is 0 Å². The van der Waals surface area contributed by atoms with Crippen LogP contribution in [-0.2, 0) is 9.53 Å². The van der Waals surface area contributed by atoms with Crippen molar-refractivity contribution in [3.05, 3.63) is 0 Å². The van der Waals surface area contributed by atoms with Crippen molar-refractivity contribution in [3.63, 3.8) is 0 Å². The zero-order valence-electron chi connectivity index (χ0n) is 12.2. The number of ether oxygens (including phenoxy) is 1. The van der Waals surface area contributed by atoms with E-state index in [1.54, 1.807) is 0 Å². The lowest BCUT2D eigenvalue weighted by molar-refractivity contribution is -0.136. The van der Waals surface area contributed by atoms with Crippen LogP contribution in [0.3, 0.4) is 0 Å². The fourth-order valence-electron chi connectivity index (χ4n) is 4.10. The van der Waals surface area contributed by atoms with Gasteiger partial charge in [-0.25, -0.2) is 0 Å². The molecule has 1 aliphatic carbocycles. The summed E-state index contributed by atoms with van der Waals surface area (Å²) in [4.78, 5) is 15.1. The van der Waals surface area contributed by atoms with E-state index >= 15 is 0 Å². The second-order valence-corrected chi connectivity index (χ2v) is 6.43. The van der Waals surface area contributed by atoms with Crippen LogP contribution in [0.1, 0.15) is 52.4 Å². The van der Waals surface area contributed by atoms with E-state index in [9.17, 15) is 4.79 Å². The minimum atomic E-state index is -0.228. The fraction of sp³-hybridized carbons (Fsp3) is 0.933. The van der Waals surface area contributed by atoms with Gasteiger partial charge in [-0.05, 0) is 32.6 Å². The lowest BCUT2D eigenvalue weighted by Gasteiger charge is -2.33. The van der Waals surface area contributed by atoms with E-state index in [0.717, 1.165) is 38.9 Å². The van der Waals surface area contributed by atoms with Gasteiger partial charge in [0.2, 0.25) is 5.91 Å². The molecule has 4 nitrogen and oxygen atoms in total. The van der Waals surface area contributed by atoms with E-state index in [0.29, 0.717) is 17.9 Å². The Morgan fingerprint density at radius 3 is 2.79 bits per heavy atom. The van der Waals surface area contributed by atoms with Gasteiger partial charge in [0.1, 0.15) is 0 Å². The van der Waals surface area contributed by atoms with Gasteiger partial charge in [0, 0.05) is 18.6 Å². The van der Waals surface area contributed by atoms with Gasteiger partial charge in [-0.1, -0.05) is 19.8 Å². The van der Waals surface area contributed by atoms with Gasteiger partial charge in [0.05, 0.1) is 18.3 Å². The van der Waals surface area contributed by atoms with Crippen molar-refractivity contribution in [2.75, 3.05) is 13.2 Å². The lowest BCUT2D eigenvalue weighted by atomic mass is 9.95. The molecule has 0 aromatic heterocycles. The predicted octanol–water partition coefficient (Wildman–Crippen LogP) is 1.89. The molecule has 4 heteroatoms. The van der Waals surface area contributed by atoms with Crippen LogP contribution >= 0.6 is 0 Å². The number of carbonyl (C=O) groups excluding carboxylic acids is 1. The van der Waals surface area contributed by atoms with E-state index in [1.807, 2.05) is 0 Å². The van der Waals surface area contributed by atoms with E-state index in [2.05, 4.69) is 24.1 Å². The molecule has 0 radical (unpaired) electrons. The number of nitrogens with zero attached hydrogens (tertiary/aromatic N) is 1. The predicted molar refractivity (Wildman–Crippen MR) is 73.6 cm³/mol. The molecular formula is C15H26N2O2. The van der Waals surface area contributed by atoms with Gasteiger partial charge < -0.3 is 9.64 Å². The highest BCUT2D eigenvalue weighted by molar-refractivity contribution is 5.89. The van der Waals surface area contributed by atoms with Crippen molar-refractivity contribution >= 4 is 5.91 Å². The molecule has 1 spiro atoms. The minimum absolute atomic E-state index is 0.223. The molecule has 0 bridgehead atoms. The molecule has 3 aliphatic rings. The summed E-state index contributed by atoms with van der Waals surface area (Å²) in [7, 11) is 0. The molecule has 1 N–H and O–H groups in total. The average Bonchev–Trinajstić information content (AvgIpc) is 3.13. The summed E-state index contributed by atoms with van der Waals surface area (Å²) in [6.07, 6.45) is 6.72. The first kappa shape index (κ1) is 13.4. The summed E-state index contributed by atoms with van der Waals surface area (Å²) in [6.45, 7) is 6.04. The molecule has 3 rings (SSSR count). The molecule has 19 heavy (non-hydrogen) atoms. The largest absolute Gasteiger partial charge is 0.381 e. The van der Waals surface area contributed by atoms with Crippen molar-refractivity contribution in [1.82, 2.24) is 10.2 Å². The first-order chi connectivity index (χ1) is 9.18. The van der Waals surface area contributed by atoms with E-state index in [1.165, 1.54) is 12.8 Å². The van der Waals surface area contributed by atoms with Gasteiger partial charge in [0.25, 0.3) is 0 Å². The molecular weight excluding hydrogens is 240 g/mol. The maximum absolute atomic E-state index is 12.9. The molecule has 2 heterocycles. The third kappa shape index (κ3) is 2.09. The number of nitrogens with one attached hydrogen (secondary N) is 1.